The summed E-state index contributed by atoms with van der Waals surface area (Å²) in [6.07, 6.45) is 0.437. The molecule has 146 valence electrons. The highest BCUT2D eigenvalue weighted by molar-refractivity contribution is 9.10. The lowest BCUT2D eigenvalue weighted by molar-refractivity contribution is 0.174. The number of aromatic hydroxyl groups is 1. The molecule has 2 N–H and O–H groups in total. The molecule has 5 rings (SSSR count). The van der Waals surface area contributed by atoms with E-state index in [0.717, 1.165) is 38.4 Å². The van der Waals surface area contributed by atoms with Crippen molar-refractivity contribution >= 4 is 21.6 Å². The Morgan fingerprint density at radius 3 is 2.59 bits per heavy atom. The molecule has 0 radical (unpaired) electrons. The molecule has 0 saturated carbocycles. The summed E-state index contributed by atoms with van der Waals surface area (Å²) < 4.78 is 12.0. The fourth-order valence-corrected chi connectivity index (χ4v) is 4.02. The van der Waals surface area contributed by atoms with Gasteiger partial charge in [0.25, 0.3) is 0 Å². The van der Waals surface area contributed by atoms with Crippen molar-refractivity contribution in [3.05, 3.63) is 87.9 Å². The van der Waals surface area contributed by atoms with Gasteiger partial charge in [-0.2, -0.15) is 0 Å². The zero-order chi connectivity index (χ0) is 19.8. The fraction of sp³-hybridized carbons (Fsp3) is 0.174. The fourth-order valence-electron chi connectivity index (χ4n) is 3.75. The molecule has 0 unspecified atom stereocenters. The molecule has 2 aliphatic rings. The molecule has 6 heteroatoms. The molecule has 0 saturated heterocycles. The third kappa shape index (κ3) is 3.61. The van der Waals surface area contributed by atoms with Crippen molar-refractivity contribution < 1.29 is 14.6 Å². The first-order chi connectivity index (χ1) is 14.2. The van der Waals surface area contributed by atoms with E-state index in [-0.39, 0.29) is 24.8 Å². The summed E-state index contributed by atoms with van der Waals surface area (Å²) in [5.41, 5.74) is 3.89. The molecule has 29 heavy (non-hydrogen) atoms. The lowest BCUT2D eigenvalue weighted by atomic mass is 9.93. The van der Waals surface area contributed by atoms with Crippen molar-refractivity contribution in [2.45, 2.75) is 18.6 Å². The minimum Gasteiger partial charge on any atom is -0.508 e. The van der Waals surface area contributed by atoms with Gasteiger partial charge in [-0.1, -0.05) is 46.3 Å². The smallest absolute Gasteiger partial charge is 0.231 e. The van der Waals surface area contributed by atoms with Crippen LogP contribution in [0.1, 0.15) is 35.3 Å². The van der Waals surface area contributed by atoms with Gasteiger partial charge in [0.05, 0.1) is 0 Å². The summed E-state index contributed by atoms with van der Waals surface area (Å²) in [6.45, 7) is 0.245. The highest BCUT2D eigenvalue weighted by Crippen LogP contribution is 2.37. The number of hydrogen-bond acceptors (Lipinski definition) is 5. The van der Waals surface area contributed by atoms with Crippen LogP contribution in [0.2, 0.25) is 0 Å². The predicted octanol–water partition coefficient (Wildman–Crippen LogP) is 5.11. The quantitative estimate of drug-likeness (QED) is 0.582. The molecular formula is C23H19BrN2O3. The predicted molar refractivity (Wildman–Crippen MR) is 115 cm³/mol. The van der Waals surface area contributed by atoms with E-state index >= 15 is 0 Å². The molecule has 3 aromatic rings. The Bertz CT molecular complexity index is 1080. The van der Waals surface area contributed by atoms with Crippen LogP contribution in [0.5, 0.6) is 17.2 Å². The molecular weight excluding hydrogens is 432 g/mol. The minimum absolute atomic E-state index is 0.0669. The van der Waals surface area contributed by atoms with Crippen molar-refractivity contribution in [1.29, 1.82) is 0 Å². The number of halogens is 1. The van der Waals surface area contributed by atoms with Crippen molar-refractivity contribution in [1.82, 2.24) is 5.32 Å². The standard InChI is InChI=1S/C23H19BrN2O3/c24-16-8-5-14(6-9-16)23-25-18(15-7-10-21-22(11-15)29-13-28-21)12-19(26-23)17-3-1-2-4-20(17)27/h1-11,19,23,26-27H,12-13H2/t19-,23+/m1/s1. The summed E-state index contributed by atoms with van der Waals surface area (Å²) in [5, 5.41) is 14.0. The maximum Gasteiger partial charge on any atom is 0.231 e. The number of benzene rings is 3. The maximum atomic E-state index is 10.4. The Hall–Kier alpha value is -2.83. The van der Waals surface area contributed by atoms with Gasteiger partial charge in [-0.25, -0.2) is 0 Å². The molecule has 0 aromatic heterocycles. The first-order valence-corrected chi connectivity index (χ1v) is 10.2. The largest absolute Gasteiger partial charge is 0.508 e. The molecule has 2 aliphatic heterocycles. The number of phenolic OH excluding ortho intramolecular Hbond substituents is 1. The Kier molecular flexibility index (Phi) is 4.73. The number of fused-ring (bicyclic) bond motifs is 1. The number of para-hydroxylation sites is 1. The van der Waals surface area contributed by atoms with Gasteiger partial charge in [0.1, 0.15) is 11.9 Å². The van der Waals surface area contributed by atoms with Crippen LogP contribution in [-0.4, -0.2) is 17.6 Å². The Labute approximate surface area is 177 Å². The summed E-state index contributed by atoms with van der Waals surface area (Å²) in [6, 6.07) is 21.4. The van der Waals surface area contributed by atoms with Crippen LogP contribution in [0, 0.1) is 0 Å². The van der Waals surface area contributed by atoms with Crippen molar-refractivity contribution in [3.63, 3.8) is 0 Å². The number of nitrogens with one attached hydrogen (secondary N) is 1. The van der Waals surface area contributed by atoms with Gasteiger partial charge < -0.3 is 14.6 Å². The first-order valence-electron chi connectivity index (χ1n) is 9.43. The molecule has 0 fully saturated rings. The van der Waals surface area contributed by atoms with E-state index in [0.29, 0.717) is 6.42 Å². The van der Waals surface area contributed by atoms with E-state index in [4.69, 9.17) is 14.5 Å². The van der Waals surface area contributed by atoms with E-state index in [9.17, 15) is 5.11 Å². The van der Waals surface area contributed by atoms with Gasteiger partial charge in [-0.15, -0.1) is 0 Å². The average molecular weight is 451 g/mol. The molecule has 5 nitrogen and oxygen atoms in total. The zero-order valence-corrected chi connectivity index (χ0v) is 17.1. The summed E-state index contributed by atoms with van der Waals surface area (Å²) in [7, 11) is 0. The topological polar surface area (TPSA) is 63.1 Å². The Morgan fingerprint density at radius 2 is 1.76 bits per heavy atom. The van der Waals surface area contributed by atoms with Crippen LogP contribution in [0.3, 0.4) is 0 Å². The first kappa shape index (κ1) is 18.2. The summed E-state index contributed by atoms with van der Waals surface area (Å²) >= 11 is 3.49. The molecule has 2 atom stereocenters. The third-order valence-corrected chi connectivity index (χ3v) is 5.77. The second-order valence-corrected chi connectivity index (χ2v) is 8.00. The van der Waals surface area contributed by atoms with E-state index in [1.807, 2.05) is 48.5 Å². The van der Waals surface area contributed by atoms with Crippen molar-refractivity contribution in [2.24, 2.45) is 4.99 Å². The molecule has 0 bridgehead atoms. The van der Waals surface area contributed by atoms with E-state index in [1.54, 1.807) is 6.07 Å². The normalized spacial score (nSPS) is 20.4. The average Bonchev–Trinajstić information content (AvgIpc) is 3.22. The van der Waals surface area contributed by atoms with Crippen molar-refractivity contribution in [3.8, 4) is 17.2 Å². The second kappa shape index (κ2) is 7.54. The highest BCUT2D eigenvalue weighted by Gasteiger charge is 2.28. The monoisotopic (exact) mass is 450 g/mol. The SMILES string of the molecule is Oc1ccccc1[C@H]1CC(c2ccc3c(c2)OCO3)=N[C@H](c2ccc(Br)cc2)N1. The van der Waals surface area contributed by atoms with E-state index < -0.39 is 0 Å². The second-order valence-electron chi connectivity index (χ2n) is 7.08. The molecule has 2 heterocycles. The van der Waals surface area contributed by atoms with Crippen LogP contribution in [-0.2, 0) is 0 Å². The van der Waals surface area contributed by atoms with Crippen LogP contribution in [0.4, 0.5) is 0 Å². The molecule has 0 aliphatic carbocycles. The van der Waals surface area contributed by atoms with E-state index in [2.05, 4.69) is 33.4 Å². The lowest BCUT2D eigenvalue weighted by Crippen LogP contribution is -2.33. The lowest BCUT2D eigenvalue weighted by Gasteiger charge is -2.31. The van der Waals surface area contributed by atoms with Gasteiger partial charge in [-0.3, -0.25) is 10.3 Å². The number of ether oxygens (including phenoxy) is 2. The molecule has 3 aromatic carbocycles. The maximum absolute atomic E-state index is 10.4. The minimum atomic E-state index is -0.220. The van der Waals surface area contributed by atoms with Gasteiger partial charge in [0.15, 0.2) is 11.5 Å². The van der Waals surface area contributed by atoms with Gasteiger partial charge in [-0.05, 0) is 47.5 Å². The molecule has 0 amide bonds. The molecule has 0 spiro atoms. The van der Waals surface area contributed by atoms with Gasteiger partial charge in [0, 0.05) is 28.2 Å². The zero-order valence-electron chi connectivity index (χ0n) is 15.5. The van der Waals surface area contributed by atoms with Crippen LogP contribution in [0.25, 0.3) is 0 Å². The van der Waals surface area contributed by atoms with E-state index in [1.165, 1.54) is 0 Å². The Balaban J connectivity index is 1.56. The summed E-state index contributed by atoms with van der Waals surface area (Å²) in [4.78, 5) is 5.00. The number of nitrogens with zero attached hydrogens (tertiary/aromatic N) is 1. The number of phenols is 1. The van der Waals surface area contributed by atoms with Crippen LogP contribution < -0.4 is 14.8 Å². The highest BCUT2D eigenvalue weighted by atomic mass is 79.9. The third-order valence-electron chi connectivity index (χ3n) is 5.25. The van der Waals surface area contributed by atoms with Gasteiger partial charge in [0.2, 0.25) is 6.79 Å². The number of hydrogen-bond donors (Lipinski definition) is 2. The van der Waals surface area contributed by atoms with Gasteiger partial charge >= 0.3 is 0 Å². The summed E-state index contributed by atoms with van der Waals surface area (Å²) in [5.74, 6) is 1.78. The van der Waals surface area contributed by atoms with Crippen LogP contribution in [0.15, 0.2) is 76.2 Å². The number of aliphatic imine (C=N–C) groups is 1. The van der Waals surface area contributed by atoms with Crippen LogP contribution >= 0.6 is 15.9 Å². The Morgan fingerprint density at radius 1 is 0.966 bits per heavy atom. The van der Waals surface area contributed by atoms with Crippen molar-refractivity contribution in [2.75, 3.05) is 6.79 Å². The number of rotatable bonds is 3.